The summed E-state index contributed by atoms with van der Waals surface area (Å²) in [5, 5.41) is 9.09. The number of benzene rings is 2. The molecule has 38 heavy (non-hydrogen) atoms. The number of carboxylic acids is 1. The molecule has 8 heteroatoms. The van der Waals surface area contributed by atoms with Crippen LogP contribution in [0.3, 0.4) is 0 Å². The van der Waals surface area contributed by atoms with Gasteiger partial charge in [-0.05, 0) is 49.1 Å². The molecule has 1 heterocycles. The number of carbonyl (C=O) groups is 3. The maximum atomic E-state index is 13.6. The van der Waals surface area contributed by atoms with Crippen LogP contribution in [-0.4, -0.2) is 42.7 Å². The molecule has 1 fully saturated rings. The van der Waals surface area contributed by atoms with Gasteiger partial charge in [-0.15, -0.1) is 11.3 Å². The summed E-state index contributed by atoms with van der Waals surface area (Å²) in [6.45, 7) is 1.22. The van der Waals surface area contributed by atoms with Crippen molar-refractivity contribution in [2.45, 2.75) is 45.1 Å². The van der Waals surface area contributed by atoms with Crippen molar-refractivity contribution in [3.8, 4) is 16.2 Å². The zero-order chi connectivity index (χ0) is 27.1. The Balaban J connectivity index is 1.72. The molecule has 1 aromatic heterocycles. The number of esters is 1. The number of carbonyl (C=O) groups excluding carboxylic acids is 2. The third-order valence-corrected chi connectivity index (χ3v) is 7.89. The Morgan fingerprint density at radius 3 is 2.47 bits per heavy atom. The Labute approximate surface area is 226 Å². The summed E-state index contributed by atoms with van der Waals surface area (Å²) in [5.41, 5.74) is 3.18. The average Bonchev–Trinajstić information content (AvgIpc) is 3.27. The molecule has 198 valence electrons. The van der Waals surface area contributed by atoms with E-state index >= 15 is 0 Å². The standard InChI is InChI=1S/C30H31NO6S/c1-20-27(37-19-26(33)34)29(30(35)36-2)38-28(20)22-12-9-15-24(18-22)31(23-13-7-4-8-14-23)25(32)17-16-21-10-5-3-6-11-21/h3,5-6,9-12,15-18,23H,4,7-8,13-14,19H2,1-2H3,(H,33,34). The van der Waals surface area contributed by atoms with Crippen LogP contribution in [-0.2, 0) is 14.3 Å². The van der Waals surface area contributed by atoms with Crippen molar-refractivity contribution in [3.63, 3.8) is 0 Å². The highest BCUT2D eigenvalue weighted by atomic mass is 32.1. The van der Waals surface area contributed by atoms with Crippen LogP contribution in [0.5, 0.6) is 5.75 Å². The number of rotatable bonds is 9. The minimum atomic E-state index is -1.14. The first-order valence-corrected chi connectivity index (χ1v) is 13.4. The lowest BCUT2D eigenvalue weighted by atomic mass is 9.93. The lowest BCUT2D eigenvalue weighted by Crippen LogP contribution is -2.40. The number of carboxylic acid groups (broad SMARTS) is 1. The fourth-order valence-corrected chi connectivity index (χ4v) is 5.94. The number of amides is 1. The van der Waals surface area contributed by atoms with Gasteiger partial charge in [0.05, 0.1) is 7.11 Å². The van der Waals surface area contributed by atoms with Crippen LogP contribution in [0.25, 0.3) is 16.5 Å². The molecular weight excluding hydrogens is 502 g/mol. The van der Waals surface area contributed by atoms with Gasteiger partial charge in [-0.25, -0.2) is 9.59 Å². The summed E-state index contributed by atoms with van der Waals surface area (Å²) in [6.07, 6.45) is 8.66. The molecule has 4 rings (SSSR count). The molecule has 0 unspecified atom stereocenters. The highest BCUT2D eigenvalue weighted by Gasteiger charge is 2.28. The lowest BCUT2D eigenvalue weighted by Gasteiger charge is -2.34. The number of anilines is 1. The third kappa shape index (κ3) is 6.31. The summed E-state index contributed by atoms with van der Waals surface area (Å²) in [4.78, 5) is 40.0. The second kappa shape index (κ2) is 12.6. The molecule has 0 saturated heterocycles. The monoisotopic (exact) mass is 533 g/mol. The molecule has 1 saturated carbocycles. The average molecular weight is 534 g/mol. The van der Waals surface area contributed by atoms with Gasteiger partial charge < -0.3 is 19.5 Å². The van der Waals surface area contributed by atoms with Crippen LogP contribution in [0, 0.1) is 6.92 Å². The zero-order valence-electron chi connectivity index (χ0n) is 21.5. The maximum Gasteiger partial charge on any atom is 0.351 e. The fourth-order valence-electron chi connectivity index (χ4n) is 4.77. The summed E-state index contributed by atoms with van der Waals surface area (Å²) < 4.78 is 10.4. The van der Waals surface area contributed by atoms with Crippen molar-refractivity contribution in [3.05, 3.63) is 76.7 Å². The van der Waals surface area contributed by atoms with Gasteiger partial charge in [0, 0.05) is 28.2 Å². The van der Waals surface area contributed by atoms with E-state index in [2.05, 4.69) is 0 Å². The second-order valence-electron chi connectivity index (χ2n) is 9.18. The molecule has 0 bridgehead atoms. The predicted octanol–water partition coefficient (Wildman–Crippen LogP) is 6.35. The highest BCUT2D eigenvalue weighted by Crippen LogP contribution is 2.43. The Morgan fingerprint density at radius 2 is 1.79 bits per heavy atom. The van der Waals surface area contributed by atoms with Gasteiger partial charge in [0.25, 0.3) is 5.91 Å². The lowest BCUT2D eigenvalue weighted by molar-refractivity contribution is -0.139. The van der Waals surface area contributed by atoms with Crippen molar-refractivity contribution in [1.82, 2.24) is 0 Å². The molecule has 0 atom stereocenters. The van der Waals surface area contributed by atoms with E-state index in [-0.39, 0.29) is 22.6 Å². The van der Waals surface area contributed by atoms with Crippen molar-refractivity contribution in [2.75, 3.05) is 18.6 Å². The largest absolute Gasteiger partial charge is 0.480 e. The summed E-state index contributed by atoms with van der Waals surface area (Å²) in [5.74, 6) is -1.61. The molecule has 0 aliphatic heterocycles. The van der Waals surface area contributed by atoms with E-state index in [4.69, 9.17) is 14.6 Å². The van der Waals surface area contributed by atoms with E-state index in [1.807, 2.05) is 65.6 Å². The number of aliphatic carboxylic acids is 1. The smallest absolute Gasteiger partial charge is 0.351 e. The maximum absolute atomic E-state index is 13.6. The van der Waals surface area contributed by atoms with Crippen LogP contribution in [0.4, 0.5) is 5.69 Å². The first kappa shape index (κ1) is 27.1. The molecular formula is C30H31NO6S. The van der Waals surface area contributed by atoms with Crippen LogP contribution in [0.2, 0.25) is 0 Å². The minimum absolute atomic E-state index is 0.0819. The van der Waals surface area contributed by atoms with Crippen molar-refractivity contribution in [1.29, 1.82) is 0 Å². The van der Waals surface area contributed by atoms with Crippen molar-refractivity contribution >= 4 is 40.9 Å². The Bertz CT molecular complexity index is 1320. The van der Waals surface area contributed by atoms with Crippen molar-refractivity contribution in [2.24, 2.45) is 0 Å². The molecule has 7 nitrogen and oxygen atoms in total. The van der Waals surface area contributed by atoms with Gasteiger partial charge in [0.2, 0.25) is 0 Å². The van der Waals surface area contributed by atoms with Gasteiger partial charge in [-0.3, -0.25) is 4.79 Å². The second-order valence-corrected chi connectivity index (χ2v) is 10.2. The summed E-state index contributed by atoms with van der Waals surface area (Å²) in [7, 11) is 1.27. The zero-order valence-corrected chi connectivity index (χ0v) is 22.3. The van der Waals surface area contributed by atoms with E-state index in [1.54, 1.807) is 13.0 Å². The Kier molecular flexibility index (Phi) is 8.97. The van der Waals surface area contributed by atoms with Gasteiger partial charge in [-0.1, -0.05) is 61.7 Å². The molecule has 1 aliphatic carbocycles. The number of methoxy groups -OCH3 is 1. The first-order chi connectivity index (χ1) is 18.4. The minimum Gasteiger partial charge on any atom is -0.480 e. The third-order valence-electron chi connectivity index (χ3n) is 6.58. The number of hydrogen-bond donors (Lipinski definition) is 1. The highest BCUT2D eigenvalue weighted by molar-refractivity contribution is 7.18. The normalized spacial score (nSPS) is 13.8. The topological polar surface area (TPSA) is 93.1 Å². The Morgan fingerprint density at radius 1 is 1.05 bits per heavy atom. The Hall–Kier alpha value is -3.91. The summed E-state index contributed by atoms with van der Waals surface area (Å²) in [6, 6.07) is 17.5. The van der Waals surface area contributed by atoms with E-state index in [1.165, 1.54) is 24.9 Å². The van der Waals surface area contributed by atoms with Crippen molar-refractivity contribution < 1.29 is 29.0 Å². The van der Waals surface area contributed by atoms with E-state index in [9.17, 15) is 14.4 Å². The fraction of sp³-hybridized carbons (Fsp3) is 0.300. The van der Waals surface area contributed by atoms with Gasteiger partial charge in [-0.2, -0.15) is 0 Å². The molecule has 0 radical (unpaired) electrons. The van der Waals surface area contributed by atoms with E-state index in [0.29, 0.717) is 5.56 Å². The number of thiophene rings is 1. The summed E-state index contributed by atoms with van der Waals surface area (Å²) >= 11 is 1.19. The van der Waals surface area contributed by atoms with Crippen LogP contribution in [0.1, 0.15) is 52.9 Å². The molecule has 3 aromatic rings. The number of nitrogens with zero attached hydrogens (tertiary/aromatic N) is 1. The van der Waals surface area contributed by atoms with Crippen LogP contribution >= 0.6 is 11.3 Å². The van der Waals surface area contributed by atoms with E-state index in [0.717, 1.165) is 47.4 Å². The molecule has 1 aliphatic rings. The van der Waals surface area contributed by atoms with Gasteiger partial charge in [0.1, 0.15) is 5.75 Å². The van der Waals surface area contributed by atoms with Crippen LogP contribution < -0.4 is 9.64 Å². The molecule has 1 amide bonds. The van der Waals surface area contributed by atoms with Gasteiger partial charge >= 0.3 is 11.9 Å². The first-order valence-electron chi connectivity index (χ1n) is 12.6. The SMILES string of the molecule is COC(=O)c1sc(-c2cccc(N(C(=O)C=Cc3ccccc3)C3CCCCC3)c2)c(C)c1OCC(=O)O. The number of hydrogen-bond acceptors (Lipinski definition) is 6. The molecule has 2 aromatic carbocycles. The number of ether oxygens (including phenoxy) is 2. The predicted molar refractivity (Wildman–Crippen MR) is 149 cm³/mol. The van der Waals surface area contributed by atoms with Crippen LogP contribution in [0.15, 0.2) is 60.7 Å². The van der Waals surface area contributed by atoms with Gasteiger partial charge in [0.15, 0.2) is 11.5 Å². The molecule has 0 spiro atoms. The quantitative estimate of drug-likeness (QED) is 0.254. The molecule has 1 N–H and O–H groups in total. The van der Waals surface area contributed by atoms with E-state index < -0.39 is 18.5 Å².